The van der Waals surface area contributed by atoms with Crippen LogP contribution in [-0.2, 0) is 13.0 Å². The molecule has 0 radical (unpaired) electrons. The zero-order chi connectivity index (χ0) is 12.4. The number of nitrogens with zero attached hydrogens (tertiary/aromatic N) is 3. The molecule has 94 valence electrons. The maximum Gasteiger partial charge on any atom is 0.240 e. The van der Waals surface area contributed by atoms with Gasteiger partial charge < -0.3 is 10.3 Å². The second-order valence-corrected chi connectivity index (χ2v) is 4.72. The summed E-state index contributed by atoms with van der Waals surface area (Å²) in [6, 6.07) is 10.4. The van der Waals surface area contributed by atoms with E-state index >= 15 is 0 Å². The molecule has 0 bridgehead atoms. The van der Waals surface area contributed by atoms with Gasteiger partial charge in [0.25, 0.3) is 0 Å². The number of hydrogen-bond donors (Lipinski definition) is 1. The first-order valence-corrected chi connectivity index (χ1v) is 6.13. The van der Waals surface area contributed by atoms with Crippen molar-refractivity contribution in [1.82, 2.24) is 15.0 Å². The van der Waals surface area contributed by atoms with E-state index in [-0.39, 0.29) is 0 Å². The fourth-order valence-electron chi connectivity index (χ4n) is 2.13. The third-order valence-electron chi connectivity index (χ3n) is 3.06. The third kappa shape index (κ3) is 2.57. The molecule has 0 saturated carbocycles. The number of hydrogen-bond acceptors (Lipinski definition) is 5. The van der Waals surface area contributed by atoms with Crippen molar-refractivity contribution >= 4 is 0 Å². The Morgan fingerprint density at radius 3 is 2.78 bits per heavy atom. The van der Waals surface area contributed by atoms with Crippen molar-refractivity contribution in [2.24, 2.45) is 5.73 Å². The highest BCUT2D eigenvalue weighted by molar-refractivity contribution is 5.18. The highest BCUT2D eigenvalue weighted by Crippen LogP contribution is 2.12. The van der Waals surface area contributed by atoms with E-state index in [1.54, 1.807) is 0 Å². The number of aromatic nitrogens is 2. The molecule has 0 spiro atoms. The van der Waals surface area contributed by atoms with E-state index < -0.39 is 0 Å². The monoisotopic (exact) mass is 244 g/mol. The SMILES string of the molecule is NC1CN(Cc2nc(Cc3ccccc3)no2)C1. The van der Waals surface area contributed by atoms with Gasteiger partial charge in [0.05, 0.1) is 6.54 Å². The molecule has 5 heteroatoms. The van der Waals surface area contributed by atoms with Crippen molar-refractivity contribution < 1.29 is 4.52 Å². The largest absolute Gasteiger partial charge is 0.338 e. The Kier molecular flexibility index (Phi) is 3.08. The van der Waals surface area contributed by atoms with Crippen LogP contribution in [0.3, 0.4) is 0 Å². The number of benzene rings is 1. The Hall–Kier alpha value is -1.72. The van der Waals surface area contributed by atoms with Crippen LogP contribution >= 0.6 is 0 Å². The van der Waals surface area contributed by atoms with Crippen molar-refractivity contribution in [3.05, 3.63) is 47.6 Å². The molecule has 2 aromatic rings. The predicted octanol–water partition coefficient (Wildman–Crippen LogP) is 0.803. The number of likely N-dealkylation sites (tertiary alicyclic amines) is 1. The summed E-state index contributed by atoms with van der Waals surface area (Å²) in [6.45, 7) is 2.53. The van der Waals surface area contributed by atoms with Gasteiger partial charge in [-0.05, 0) is 5.56 Å². The lowest BCUT2D eigenvalue weighted by Gasteiger charge is -2.35. The molecule has 1 fully saturated rings. The van der Waals surface area contributed by atoms with Gasteiger partial charge in [0.15, 0.2) is 5.82 Å². The zero-order valence-corrected chi connectivity index (χ0v) is 10.1. The highest BCUT2D eigenvalue weighted by Gasteiger charge is 2.24. The van der Waals surface area contributed by atoms with E-state index in [1.807, 2.05) is 18.2 Å². The topological polar surface area (TPSA) is 68.2 Å². The van der Waals surface area contributed by atoms with Crippen molar-refractivity contribution in [3.8, 4) is 0 Å². The molecule has 0 atom stereocenters. The summed E-state index contributed by atoms with van der Waals surface area (Å²) in [4.78, 5) is 6.59. The van der Waals surface area contributed by atoms with Crippen molar-refractivity contribution in [3.63, 3.8) is 0 Å². The van der Waals surface area contributed by atoms with Gasteiger partial charge >= 0.3 is 0 Å². The van der Waals surface area contributed by atoms with Crippen LogP contribution in [-0.4, -0.2) is 34.2 Å². The van der Waals surface area contributed by atoms with Crippen LogP contribution < -0.4 is 5.73 Å². The average Bonchev–Trinajstić information content (AvgIpc) is 2.76. The van der Waals surface area contributed by atoms with Gasteiger partial charge in [0.1, 0.15) is 0 Å². The van der Waals surface area contributed by atoms with Crippen molar-refractivity contribution in [2.45, 2.75) is 19.0 Å². The van der Waals surface area contributed by atoms with Gasteiger partial charge in [-0.1, -0.05) is 35.5 Å². The van der Waals surface area contributed by atoms with Crippen LogP contribution in [0.25, 0.3) is 0 Å². The van der Waals surface area contributed by atoms with E-state index in [9.17, 15) is 0 Å². The molecule has 1 aliphatic rings. The minimum Gasteiger partial charge on any atom is -0.338 e. The second kappa shape index (κ2) is 4.88. The fourth-order valence-corrected chi connectivity index (χ4v) is 2.13. The molecule has 1 aliphatic heterocycles. The molecule has 3 rings (SSSR count). The lowest BCUT2D eigenvalue weighted by atomic mass is 10.1. The molecule has 5 nitrogen and oxygen atoms in total. The van der Waals surface area contributed by atoms with Crippen LogP contribution in [0.1, 0.15) is 17.3 Å². The third-order valence-corrected chi connectivity index (χ3v) is 3.06. The molecule has 1 saturated heterocycles. The summed E-state index contributed by atoms with van der Waals surface area (Å²) in [5.41, 5.74) is 6.91. The smallest absolute Gasteiger partial charge is 0.240 e. The van der Waals surface area contributed by atoms with Crippen LogP contribution in [0.15, 0.2) is 34.9 Å². The summed E-state index contributed by atoms with van der Waals surface area (Å²) in [5.74, 6) is 1.41. The predicted molar refractivity (Wildman–Crippen MR) is 66.8 cm³/mol. The first kappa shape index (κ1) is 11.4. The Morgan fingerprint density at radius 1 is 1.28 bits per heavy atom. The molecular weight excluding hydrogens is 228 g/mol. The fraction of sp³-hybridized carbons (Fsp3) is 0.385. The number of nitrogens with two attached hydrogens (primary N) is 1. The summed E-state index contributed by atoms with van der Waals surface area (Å²) < 4.78 is 5.23. The van der Waals surface area contributed by atoms with E-state index in [2.05, 4.69) is 27.2 Å². The summed E-state index contributed by atoms with van der Waals surface area (Å²) in [7, 11) is 0. The molecule has 0 amide bonds. The Morgan fingerprint density at radius 2 is 2.06 bits per heavy atom. The lowest BCUT2D eigenvalue weighted by Crippen LogP contribution is -2.54. The highest BCUT2D eigenvalue weighted by atomic mass is 16.5. The van der Waals surface area contributed by atoms with Crippen molar-refractivity contribution in [2.75, 3.05) is 13.1 Å². The normalized spacial score (nSPS) is 16.7. The average molecular weight is 244 g/mol. The van der Waals surface area contributed by atoms with Crippen LogP contribution in [0.5, 0.6) is 0 Å². The van der Waals surface area contributed by atoms with Gasteiger partial charge in [-0.2, -0.15) is 4.98 Å². The molecule has 0 unspecified atom stereocenters. The molecular formula is C13H16N4O. The standard InChI is InChI=1S/C13H16N4O/c14-11-7-17(8-11)9-13-15-12(16-18-13)6-10-4-2-1-3-5-10/h1-5,11H,6-9,14H2. The minimum atomic E-state index is 0.303. The Bertz CT molecular complexity index is 505. The first-order valence-electron chi connectivity index (χ1n) is 6.13. The molecule has 1 aromatic heterocycles. The van der Waals surface area contributed by atoms with Crippen LogP contribution in [0.2, 0.25) is 0 Å². The molecule has 1 aromatic carbocycles. The number of rotatable bonds is 4. The van der Waals surface area contributed by atoms with E-state index in [0.29, 0.717) is 24.9 Å². The Labute approximate surface area is 106 Å². The van der Waals surface area contributed by atoms with Gasteiger partial charge in [-0.15, -0.1) is 0 Å². The summed E-state index contributed by atoms with van der Waals surface area (Å²) in [6.07, 6.45) is 0.712. The molecule has 2 N–H and O–H groups in total. The van der Waals surface area contributed by atoms with Crippen LogP contribution in [0, 0.1) is 0 Å². The first-order chi connectivity index (χ1) is 8.79. The van der Waals surface area contributed by atoms with Gasteiger partial charge in [-0.3, -0.25) is 4.90 Å². The lowest BCUT2D eigenvalue weighted by molar-refractivity contribution is 0.125. The van der Waals surface area contributed by atoms with Crippen LogP contribution in [0.4, 0.5) is 0 Å². The van der Waals surface area contributed by atoms with Gasteiger partial charge in [0.2, 0.25) is 5.89 Å². The maximum atomic E-state index is 5.72. The second-order valence-electron chi connectivity index (χ2n) is 4.72. The van der Waals surface area contributed by atoms with E-state index in [4.69, 9.17) is 10.3 Å². The van der Waals surface area contributed by atoms with Crippen molar-refractivity contribution in [1.29, 1.82) is 0 Å². The molecule has 18 heavy (non-hydrogen) atoms. The zero-order valence-electron chi connectivity index (χ0n) is 10.1. The van der Waals surface area contributed by atoms with Gasteiger partial charge in [-0.25, -0.2) is 0 Å². The molecule has 0 aliphatic carbocycles. The Balaban J connectivity index is 1.59. The maximum absolute atomic E-state index is 5.72. The summed E-state index contributed by atoms with van der Waals surface area (Å²) >= 11 is 0. The summed E-state index contributed by atoms with van der Waals surface area (Å²) in [5, 5.41) is 4.00. The van der Waals surface area contributed by atoms with E-state index in [0.717, 1.165) is 18.9 Å². The van der Waals surface area contributed by atoms with Gasteiger partial charge in [0, 0.05) is 25.6 Å². The molecule has 2 heterocycles. The minimum absolute atomic E-state index is 0.303. The quantitative estimate of drug-likeness (QED) is 0.861. The van der Waals surface area contributed by atoms with E-state index in [1.165, 1.54) is 5.56 Å².